The first-order valence-electron chi connectivity index (χ1n) is 10.5. The van der Waals surface area contributed by atoms with Crippen LogP contribution in [0.1, 0.15) is 15.9 Å². The molecule has 5 rings (SSSR count). The monoisotopic (exact) mass is 441 g/mol. The molecule has 32 heavy (non-hydrogen) atoms. The van der Waals surface area contributed by atoms with Gasteiger partial charge in [0, 0.05) is 34.8 Å². The molecule has 0 bridgehead atoms. The number of fused-ring (bicyclic) bond motifs is 2. The number of carbonyl (C=O) groups is 1. The van der Waals surface area contributed by atoms with Gasteiger partial charge in [0.15, 0.2) is 0 Å². The second-order valence-electron chi connectivity index (χ2n) is 7.59. The Morgan fingerprint density at radius 2 is 1.97 bits per heavy atom. The lowest BCUT2D eigenvalue weighted by Crippen LogP contribution is -2.29. The highest BCUT2D eigenvalue weighted by Crippen LogP contribution is 2.39. The molecular formula is C26H23N3O2S. The van der Waals surface area contributed by atoms with Crippen molar-refractivity contribution in [2.75, 3.05) is 24.3 Å². The molecule has 0 saturated heterocycles. The lowest BCUT2D eigenvalue weighted by atomic mass is 10.1. The van der Waals surface area contributed by atoms with Crippen LogP contribution in [0.4, 0.5) is 11.4 Å². The largest absolute Gasteiger partial charge is 0.490 e. The second kappa shape index (κ2) is 8.93. The maximum absolute atomic E-state index is 12.8. The molecule has 0 fully saturated rings. The number of aromatic nitrogens is 1. The van der Waals surface area contributed by atoms with Gasteiger partial charge in [-0.2, -0.15) is 0 Å². The minimum Gasteiger partial charge on any atom is -0.490 e. The summed E-state index contributed by atoms with van der Waals surface area (Å²) in [6, 6.07) is 22.1. The van der Waals surface area contributed by atoms with Crippen molar-refractivity contribution in [1.29, 1.82) is 0 Å². The number of amides is 1. The number of pyridine rings is 1. The maximum Gasteiger partial charge on any atom is 0.251 e. The normalized spacial score (nSPS) is 12.8. The van der Waals surface area contributed by atoms with Crippen molar-refractivity contribution in [3.05, 3.63) is 90.3 Å². The Kier molecular flexibility index (Phi) is 5.69. The third-order valence-corrected chi connectivity index (χ3v) is 6.39. The Morgan fingerprint density at radius 3 is 2.81 bits per heavy atom. The van der Waals surface area contributed by atoms with E-state index in [0.717, 1.165) is 34.3 Å². The molecule has 1 aliphatic heterocycles. The molecule has 6 heteroatoms. The maximum atomic E-state index is 12.8. The summed E-state index contributed by atoms with van der Waals surface area (Å²) >= 11 is 1.70. The lowest BCUT2D eigenvalue weighted by molar-refractivity contribution is 0.0950. The average molecular weight is 442 g/mol. The number of carbonyl (C=O) groups excluding carboxylic acids is 1. The quantitative estimate of drug-likeness (QED) is 0.419. The third-order valence-electron chi connectivity index (χ3n) is 5.65. The summed E-state index contributed by atoms with van der Waals surface area (Å²) in [6.07, 6.45) is 5.75. The summed E-state index contributed by atoms with van der Waals surface area (Å²) < 4.78 is 5.93. The molecule has 0 saturated carbocycles. The first-order chi connectivity index (χ1) is 15.7. The topological polar surface area (TPSA) is 54.5 Å². The van der Waals surface area contributed by atoms with E-state index in [4.69, 9.17) is 4.74 Å². The van der Waals surface area contributed by atoms with E-state index in [1.165, 1.54) is 4.90 Å². The number of rotatable bonds is 5. The van der Waals surface area contributed by atoms with E-state index in [1.807, 2.05) is 48.9 Å². The van der Waals surface area contributed by atoms with Gasteiger partial charge in [0.05, 0.1) is 17.9 Å². The fraction of sp³-hybridized carbons (Fsp3) is 0.154. The first kappa shape index (κ1) is 20.4. The number of anilines is 2. The fourth-order valence-corrected chi connectivity index (χ4v) is 4.38. The van der Waals surface area contributed by atoms with Gasteiger partial charge in [-0.3, -0.25) is 9.78 Å². The summed E-state index contributed by atoms with van der Waals surface area (Å²) in [5.41, 5.74) is 3.70. The van der Waals surface area contributed by atoms with Gasteiger partial charge in [0.1, 0.15) is 12.4 Å². The SMILES string of the molecule is CSc1ccc(CNC(=O)c2ccc3c(c2)OCCN3c2cccc3ccncc23)cc1. The molecule has 1 aromatic heterocycles. The number of hydrogen-bond donors (Lipinski definition) is 1. The number of thioether (sulfide) groups is 1. The number of nitrogens with one attached hydrogen (secondary N) is 1. The van der Waals surface area contributed by atoms with Gasteiger partial charge in [0.25, 0.3) is 5.91 Å². The van der Waals surface area contributed by atoms with E-state index in [9.17, 15) is 4.79 Å². The Labute approximate surface area is 191 Å². The van der Waals surface area contributed by atoms with E-state index in [0.29, 0.717) is 24.5 Å². The molecule has 1 N–H and O–H groups in total. The van der Waals surface area contributed by atoms with E-state index < -0.39 is 0 Å². The summed E-state index contributed by atoms with van der Waals surface area (Å²) in [4.78, 5) is 20.5. The summed E-state index contributed by atoms with van der Waals surface area (Å²) in [7, 11) is 0. The van der Waals surface area contributed by atoms with Crippen LogP contribution in [0.15, 0.2) is 84.0 Å². The summed E-state index contributed by atoms with van der Waals surface area (Å²) in [5, 5.41) is 5.24. The smallest absolute Gasteiger partial charge is 0.251 e. The van der Waals surface area contributed by atoms with Crippen LogP contribution in [0.3, 0.4) is 0 Å². The predicted octanol–water partition coefficient (Wildman–Crippen LogP) is 5.42. The van der Waals surface area contributed by atoms with Crippen LogP contribution in [0, 0.1) is 0 Å². The van der Waals surface area contributed by atoms with Crippen LogP contribution in [0.5, 0.6) is 5.75 Å². The van der Waals surface area contributed by atoms with Gasteiger partial charge in [0.2, 0.25) is 0 Å². The first-order valence-corrected chi connectivity index (χ1v) is 11.7. The van der Waals surface area contributed by atoms with Crippen molar-refractivity contribution in [3.8, 4) is 5.75 Å². The Balaban J connectivity index is 1.37. The Morgan fingerprint density at radius 1 is 1.09 bits per heavy atom. The van der Waals surface area contributed by atoms with Crippen molar-refractivity contribution >= 4 is 39.8 Å². The van der Waals surface area contributed by atoms with Crippen molar-refractivity contribution < 1.29 is 9.53 Å². The zero-order valence-corrected chi connectivity index (χ0v) is 18.6. The van der Waals surface area contributed by atoms with Crippen molar-refractivity contribution in [2.24, 2.45) is 0 Å². The highest BCUT2D eigenvalue weighted by molar-refractivity contribution is 7.98. The van der Waals surface area contributed by atoms with E-state index >= 15 is 0 Å². The standard InChI is InChI=1S/C26H23N3O2S/c1-32-21-8-5-18(6-9-21)16-28-26(30)20-7-10-24-25(15-20)31-14-13-29(24)23-4-2-3-19-11-12-27-17-22(19)23/h2-12,15,17H,13-14,16H2,1H3,(H,28,30). The highest BCUT2D eigenvalue weighted by Gasteiger charge is 2.22. The zero-order valence-electron chi connectivity index (χ0n) is 17.7. The number of ether oxygens (including phenoxy) is 1. The lowest BCUT2D eigenvalue weighted by Gasteiger charge is -2.32. The van der Waals surface area contributed by atoms with Crippen molar-refractivity contribution in [1.82, 2.24) is 10.3 Å². The molecular weight excluding hydrogens is 418 g/mol. The molecule has 0 atom stereocenters. The van der Waals surface area contributed by atoms with Gasteiger partial charge in [-0.25, -0.2) is 0 Å². The zero-order chi connectivity index (χ0) is 21.9. The molecule has 160 valence electrons. The van der Waals surface area contributed by atoms with Gasteiger partial charge >= 0.3 is 0 Å². The molecule has 0 unspecified atom stereocenters. The molecule has 1 aliphatic rings. The predicted molar refractivity (Wildman–Crippen MR) is 130 cm³/mol. The highest BCUT2D eigenvalue weighted by atomic mass is 32.2. The minimum absolute atomic E-state index is 0.114. The summed E-state index contributed by atoms with van der Waals surface area (Å²) in [6.45, 7) is 1.77. The van der Waals surface area contributed by atoms with Crippen LogP contribution >= 0.6 is 11.8 Å². The van der Waals surface area contributed by atoms with Gasteiger partial charge in [-0.15, -0.1) is 11.8 Å². The molecule has 3 aromatic carbocycles. The third kappa shape index (κ3) is 4.01. The Bertz CT molecular complexity index is 1270. The molecule has 0 radical (unpaired) electrons. The van der Waals surface area contributed by atoms with Gasteiger partial charge < -0.3 is 15.0 Å². The van der Waals surface area contributed by atoms with E-state index in [-0.39, 0.29) is 5.91 Å². The molecule has 4 aromatic rings. The second-order valence-corrected chi connectivity index (χ2v) is 8.47. The van der Waals surface area contributed by atoms with Gasteiger partial charge in [-0.05, 0) is 59.7 Å². The van der Waals surface area contributed by atoms with Crippen LogP contribution in [0.25, 0.3) is 10.8 Å². The van der Waals surface area contributed by atoms with Crippen LogP contribution in [0.2, 0.25) is 0 Å². The fourth-order valence-electron chi connectivity index (χ4n) is 3.97. The number of nitrogens with zero attached hydrogens (tertiary/aromatic N) is 2. The molecule has 5 nitrogen and oxygen atoms in total. The average Bonchev–Trinajstić information content (AvgIpc) is 2.86. The van der Waals surface area contributed by atoms with Crippen LogP contribution in [-0.2, 0) is 6.54 Å². The Hall–Kier alpha value is -3.51. The minimum atomic E-state index is -0.114. The number of hydrogen-bond acceptors (Lipinski definition) is 5. The number of benzene rings is 3. The van der Waals surface area contributed by atoms with Crippen molar-refractivity contribution in [2.45, 2.75) is 11.4 Å². The van der Waals surface area contributed by atoms with Crippen LogP contribution in [-0.4, -0.2) is 30.3 Å². The molecule has 2 heterocycles. The summed E-state index contributed by atoms with van der Waals surface area (Å²) in [5.74, 6) is 0.603. The molecule has 1 amide bonds. The molecule has 0 spiro atoms. The van der Waals surface area contributed by atoms with E-state index in [1.54, 1.807) is 18.0 Å². The van der Waals surface area contributed by atoms with E-state index in [2.05, 4.69) is 45.5 Å². The van der Waals surface area contributed by atoms with Gasteiger partial charge in [-0.1, -0.05) is 24.3 Å². The van der Waals surface area contributed by atoms with Crippen LogP contribution < -0.4 is 15.0 Å². The van der Waals surface area contributed by atoms with Crippen molar-refractivity contribution in [3.63, 3.8) is 0 Å². The molecule has 0 aliphatic carbocycles.